The predicted octanol–water partition coefficient (Wildman–Crippen LogP) is 8.91. The Bertz CT molecular complexity index is 1500. The van der Waals surface area contributed by atoms with Gasteiger partial charge in [-0.15, -0.1) is 0 Å². The minimum absolute atomic E-state index is 0.0705. The number of aliphatic hydroxyl groups excluding tert-OH is 1. The maximum Gasteiger partial charge on any atom is 0.253 e. The summed E-state index contributed by atoms with van der Waals surface area (Å²) in [5.74, 6) is 1.84. The van der Waals surface area contributed by atoms with Crippen molar-refractivity contribution in [3.63, 3.8) is 0 Å². The van der Waals surface area contributed by atoms with E-state index in [1.807, 2.05) is 54.3 Å². The lowest BCUT2D eigenvalue weighted by Gasteiger charge is -2.54. The number of aryl methyl sites for hydroxylation is 1. The van der Waals surface area contributed by atoms with Gasteiger partial charge in [-0.05, 0) is 135 Å². The summed E-state index contributed by atoms with van der Waals surface area (Å²) in [6.07, 6.45) is 8.62. The number of aliphatic hydroxyl groups is 1. The molecule has 258 valence electrons. The van der Waals surface area contributed by atoms with Crippen molar-refractivity contribution in [1.29, 1.82) is 0 Å². The zero-order chi connectivity index (χ0) is 33.7. The Hall–Kier alpha value is -3.38. The quantitative estimate of drug-likeness (QED) is 0.170. The summed E-state index contributed by atoms with van der Waals surface area (Å²) in [7, 11) is 0. The Morgan fingerprint density at radius 3 is 2.48 bits per heavy atom. The van der Waals surface area contributed by atoms with Crippen molar-refractivity contribution in [2.45, 2.75) is 103 Å². The van der Waals surface area contributed by atoms with Crippen LogP contribution in [-0.2, 0) is 12.8 Å². The van der Waals surface area contributed by atoms with E-state index in [1.54, 1.807) is 6.07 Å². The van der Waals surface area contributed by atoms with Gasteiger partial charge in [0.25, 0.3) is 5.91 Å². The second-order valence-corrected chi connectivity index (χ2v) is 14.9. The van der Waals surface area contributed by atoms with E-state index < -0.39 is 12.3 Å². The first kappa shape index (κ1) is 34.5. The van der Waals surface area contributed by atoms with Crippen molar-refractivity contribution in [3.05, 3.63) is 95.1 Å². The number of unbranched alkanes of at least 4 members (excludes halogenated alkanes) is 3. The molecule has 6 rings (SSSR count). The summed E-state index contributed by atoms with van der Waals surface area (Å²) in [6, 6.07) is 23.5. The smallest absolute Gasteiger partial charge is 0.253 e. The molecule has 7 atom stereocenters. The van der Waals surface area contributed by atoms with Gasteiger partial charge >= 0.3 is 0 Å². The highest BCUT2D eigenvalue weighted by Gasteiger charge is 2.59. The molecular weight excluding hydrogens is 601 g/mol. The van der Waals surface area contributed by atoms with Crippen LogP contribution in [-0.4, -0.2) is 53.0 Å². The number of aromatic hydroxyl groups is 1. The van der Waals surface area contributed by atoms with Crippen molar-refractivity contribution in [2.24, 2.45) is 23.2 Å². The number of hydrogen-bond acceptors (Lipinski definition) is 4. The number of amides is 1. The van der Waals surface area contributed by atoms with E-state index in [0.717, 1.165) is 94.2 Å². The van der Waals surface area contributed by atoms with Gasteiger partial charge < -0.3 is 19.8 Å². The van der Waals surface area contributed by atoms with Gasteiger partial charge in [0, 0.05) is 24.6 Å². The lowest BCUT2D eigenvalue weighted by Crippen LogP contribution is -2.51. The maximum atomic E-state index is 16.1. The summed E-state index contributed by atoms with van der Waals surface area (Å²) in [4.78, 5) is 15.6. The van der Waals surface area contributed by atoms with Crippen molar-refractivity contribution in [3.8, 4) is 11.5 Å². The van der Waals surface area contributed by atoms with E-state index in [1.165, 1.54) is 5.56 Å². The van der Waals surface area contributed by atoms with E-state index >= 15 is 4.39 Å². The molecule has 0 aromatic heterocycles. The maximum absolute atomic E-state index is 16.1. The molecular formula is C42H54FNO4. The fraction of sp³-hybridized carbons (Fsp3) is 0.548. The number of phenolic OH excluding ortho intramolecular Hbond substituents is 1. The van der Waals surface area contributed by atoms with Gasteiger partial charge in [-0.3, -0.25) is 4.79 Å². The molecule has 0 spiro atoms. The Morgan fingerprint density at radius 1 is 0.958 bits per heavy atom. The first-order valence-electron chi connectivity index (χ1n) is 18.5. The number of halogens is 1. The van der Waals surface area contributed by atoms with Crippen LogP contribution in [0, 0.1) is 23.2 Å². The zero-order valence-electron chi connectivity index (χ0n) is 28.8. The van der Waals surface area contributed by atoms with Gasteiger partial charge in [0.1, 0.15) is 17.7 Å². The highest BCUT2D eigenvalue weighted by Crippen LogP contribution is 2.63. The summed E-state index contributed by atoms with van der Waals surface area (Å²) in [6.45, 7) is 6.12. The Kier molecular flexibility index (Phi) is 11.1. The molecule has 4 unspecified atom stereocenters. The summed E-state index contributed by atoms with van der Waals surface area (Å²) in [5, 5.41) is 21.2. The van der Waals surface area contributed by atoms with Crippen LogP contribution in [0.2, 0.25) is 0 Å². The lowest BCUT2D eigenvalue weighted by molar-refractivity contribution is -0.0722. The van der Waals surface area contributed by atoms with Crippen LogP contribution in [0.15, 0.2) is 72.8 Å². The molecule has 5 nitrogen and oxygen atoms in total. The fourth-order valence-corrected chi connectivity index (χ4v) is 9.57. The molecule has 1 amide bonds. The molecule has 3 aliphatic rings. The number of phenols is 1. The van der Waals surface area contributed by atoms with E-state index in [4.69, 9.17) is 4.74 Å². The second-order valence-electron chi connectivity index (χ2n) is 14.9. The van der Waals surface area contributed by atoms with Gasteiger partial charge in [-0.2, -0.15) is 0 Å². The number of carbonyl (C=O) groups excluding carboxylic acids is 1. The first-order valence-corrected chi connectivity index (χ1v) is 18.5. The molecule has 0 aliphatic heterocycles. The van der Waals surface area contributed by atoms with E-state index in [9.17, 15) is 15.0 Å². The molecule has 0 heterocycles. The van der Waals surface area contributed by atoms with Crippen molar-refractivity contribution in [1.82, 2.24) is 4.90 Å². The number of alkyl halides is 1. The topological polar surface area (TPSA) is 70.0 Å². The first-order chi connectivity index (χ1) is 23.3. The average molecular weight is 656 g/mol. The third-order valence-corrected chi connectivity index (χ3v) is 12.0. The highest BCUT2D eigenvalue weighted by atomic mass is 19.1. The largest absolute Gasteiger partial charge is 0.508 e. The zero-order valence-corrected chi connectivity index (χ0v) is 28.8. The minimum atomic E-state index is -0.976. The molecule has 0 saturated heterocycles. The number of carbonyl (C=O) groups is 1. The van der Waals surface area contributed by atoms with Gasteiger partial charge in [-0.1, -0.05) is 62.6 Å². The predicted molar refractivity (Wildman–Crippen MR) is 189 cm³/mol. The van der Waals surface area contributed by atoms with Gasteiger partial charge in [0.05, 0.1) is 12.7 Å². The van der Waals surface area contributed by atoms with Crippen LogP contribution in [0.5, 0.6) is 11.5 Å². The molecule has 2 N–H and O–H groups in total. The monoisotopic (exact) mass is 655 g/mol. The molecule has 0 bridgehead atoms. The lowest BCUT2D eigenvalue weighted by atomic mass is 9.51. The molecule has 48 heavy (non-hydrogen) atoms. The van der Waals surface area contributed by atoms with Gasteiger partial charge in [-0.25, -0.2) is 4.39 Å². The molecule has 6 heteroatoms. The van der Waals surface area contributed by atoms with Crippen LogP contribution in [0.4, 0.5) is 4.39 Å². The number of hydrogen-bond donors (Lipinski definition) is 2. The van der Waals surface area contributed by atoms with E-state index in [2.05, 4.69) is 31.2 Å². The van der Waals surface area contributed by atoms with Crippen molar-refractivity contribution >= 4 is 5.91 Å². The standard InChI is InChI=1S/C42H54FNO4/c1-3-48-34-19-16-30(17-20-34)41(47)44(25-11-14-29-12-7-6-8-13-29)24-10-5-4-9-15-31-26-32-27-33(45)18-21-35(32)40-37(43)28-42(2)36(39(31)40)22-23-38(42)46/h6-8,12-13,16-21,27,31,36-40,45-46H,3-5,9-11,14-15,22-26,28H2,1-2H3/t31-,36?,37+,38+,39?,40?,42?/m1/s1. The molecule has 3 aromatic rings. The van der Waals surface area contributed by atoms with Crippen LogP contribution >= 0.6 is 0 Å². The fourth-order valence-electron chi connectivity index (χ4n) is 9.57. The molecule has 2 saturated carbocycles. The second kappa shape index (κ2) is 15.4. The third kappa shape index (κ3) is 7.44. The summed E-state index contributed by atoms with van der Waals surface area (Å²) < 4.78 is 21.7. The number of rotatable bonds is 14. The normalized spacial score (nSPS) is 27.5. The van der Waals surface area contributed by atoms with Crippen molar-refractivity contribution in [2.75, 3.05) is 19.7 Å². The third-order valence-electron chi connectivity index (χ3n) is 12.0. The molecule has 3 aliphatic carbocycles. The Labute approximate surface area is 286 Å². The highest BCUT2D eigenvalue weighted by molar-refractivity contribution is 5.94. The summed E-state index contributed by atoms with van der Waals surface area (Å²) in [5.41, 5.74) is 3.81. The number of nitrogens with zero attached hydrogens (tertiary/aromatic N) is 1. The number of benzene rings is 3. The van der Waals surface area contributed by atoms with Gasteiger partial charge in [0.15, 0.2) is 0 Å². The molecule has 2 fully saturated rings. The summed E-state index contributed by atoms with van der Waals surface area (Å²) >= 11 is 0. The van der Waals surface area contributed by atoms with Crippen molar-refractivity contribution < 1.29 is 24.1 Å². The Morgan fingerprint density at radius 2 is 1.71 bits per heavy atom. The van der Waals surface area contributed by atoms with Crippen LogP contribution in [0.1, 0.15) is 105 Å². The molecule has 0 radical (unpaired) electrons. The number of ether oxygens (including phenoxy) is 1. The van der Waals surface area contributed by atoms with Crippen LogP contribution < -0.4 is 4.74 Å². The van der Waals surface area contributed by atoms with E-state index in [0.29, 0.717) is 30.4 Å². The van der Waals surface area contributed by atoms with Crippen LogP contribution in [0.25, 0.3) is 0 Å². The molecule has 3 aromatic carbocycles. The Balaban J connectivity index is 1.06. The minimum Gasteiger partial charge on any atom is -0.508 e. The van der Waals surface area contributed by atoms with Gasteiger partial charge in [0.2, 0.25) is 0 Å². The average Bonchev–Trinajstić information content (AvgIpc) is 3.38. The SMILES string of the molecule is CCOc1ccc(C(=O)N(CCCCCC[C@@H]2Cc3cc(O)ccc3C3C2C2CC[C@H](O)C2(C)C[C@@H]3F)CCCc2ccccc2)cc1. The number of fused-ring (bicyclic) bond motifs is 5. The van der Waals surface area contributed by atoms with E-state index in [-0.39, 0.29) is 28.9 Å². The van der Waals surface area contributed by atoms with Crippen LogP contribution in [0.3, 0.4) is 0 Å².